The van der Waals surface area contributed by atoms with Crippen molar-refractivity contribution in [3.8, 4) is 0 Å². The summed E-state index contributed by atoms with van der Waals surface area (Å²) in [4.78, 5) is 12.9. The first-order valence-corrected chi connectivity index (χ1v) is 6.53. The second kappa shape index (κ2) is 10.1. The van der Waals surface area contributed by atoms with E-state index in [-0.39, 0.29) is 0 Å². The molecule has 0 saturated heterocycles. The number of unbranched alkanes of at least 4 members (excludes halogenated alkanes) is 1. The molecule has 0 fully saturated rings. The third-order valence-corrected chi connectivity index (χ3v) is 2.74. The average molecular weight is 271 g/mol. The first-order chi connectivity index (χ1) is 7.67. The van der Waals surface area contributed by atoms with Gasteiger partial charge in [-0.05, 0) is 19.4 Å². The minimum Gasteiger partial charge on any atom is -0.480 e. The van der Waals surface area contributed by atoms with Gasteiger partial charge >= 0.3 is 5.97 Å². The van der Waals surface area contributed by atoms with Gasteiger partial charge in [-0.1, -0.05) is 6.42 Å². The highest BCUT2D eigenvalue weighted by Gasteiger charge is 2.23. The second-order valence-corrected chi connectivity index (χ2v) is 4.31. The Hall–Kier alpha value is -0.0300. The number of nitrogens with zero attached hydrogens (tertiary/aromatic N) is 1. The number of hydrogen-bond acceptors (Lipinski definition) is 3. The fourth-order valence-electron chi connectivity index (χ4n) is 1.58. The third kappa shape index (κ3) is 6.53. The predicted octanol–water partition coefficient (Wildman–Crippen LogP) is 1.35. The Morgan fingerprint density at radius 1 is 1.25 bits per heavy atom. The van der Waals surface area contributed by atoms with Crippen molar-refractivity contribution in [1.82, 2.24) is 4.90 Å². The van der Waals surface area contributed by atoms with Gasteiger partial charge in [0.25, 0.3) is 0 Å². The van der Waals surface area contributed by atoms with Gasteiger partial charge in [-0.25, -0.2) is 0 Å². The summed E-state index contributed by atoms with van der Waals surface area (Å²) in [6.07, 6.45) is 2.26. The van der Waals surface area contributed by atoms with Gasteiger partial charge in [0.2, 0.25) is 0 Å². The lowest BCUT2D eigenvalue weighted by molar-refractivity contribution is -0.143. The summed E-state index contributed by atoms with van der Waals surface area (Å²) in [5.41, 5.74) is 5.38. The van der Waals surface area contributed by atoms with E-state index in [9.17, 15) is 4.79 Å². The van der Waals surface area contributed by atoms with Gasteiger partial charge in [0.1, 0.15) is 6.04 Å². The fraction of sp³-hybridized carbons (Fsp3) is 0.900. The van der Waals surface area contributed by atoms with Gasteiger partial charge in [-0.3, -0.25) is 9.69 Å². The van der Waals surface area contributed by atoms with Gasteiger partial charge in [0.15, 0.2) is 0 Å². The summed E-state index contributed by atoms with van der Waals surface area (Å²) < 4.78 is 0. The van der Waals surface area contributed by atoms with Crippen molar-refractivity contribution in [2.24, 2.45) is 5.73 Å². The molecule has 96 valence electrons. The molecule has 3 N–H and O–H groups in total. The van der Waals surface area contributed by atoms with Crippen molar-refractivity contribution < 1.29 is 9.90 Å². The highest BCUT2D eigenvalue weighted by atomic mass is 35.5. The Labute approximate surface area is 107 Å². The van der Waals surface area contributed by atoms with E-state index in [1.54, 1.807) is 0 Å². The average Bonchev–Trinajstić information content (AvgIpc) is 2.24. The van der Waals surface area contributed by atoms with Crippen molar-refractivity contribution in [3.63, 3.8) is 0 Å². The number of rotatable bonds is 10. The Balaban J connectivity index is 4.26. The van der Waals surface area contributed by atoms with Crippen LogP contribution in [-0.4, -0.2) is 53.4 Å². The maximum atomic E-state index is 11.1. The molecule has 0 unspecified atom stereocenters. The molecule has 0 radical (unpaired) electrons. The van der Waals surface area contributed by atoms with Gasteiger partial charge in [0.05, 0.1) is 0 Å². The number of aliphatic carboxylic acids is 1. The normalized spacial score (nSPS) is 13.0. The summed E-state index contributed by atoms with van der Waals surface area (Å²) in [5.74, 6) is 0.0158. The summed E-state index contributed by atoms with van der Waals surface area (Å²) in [7, 11) is 0. The molecule has 0 aromatic rings. The number of nitrogens with two attached hydrogens (primary N) is 1. The zero-order valence-corrected chi connectivity index (χ0v) is 10.9. The van der Waals surface area contributed by atoms with Crippen LogP contribution in [0, 0.1) is 0 Å². The van der Waals surface area contributed by atoms with Crippen molar-refractivity contribution in [3.05, 3.63) is 0 Å². The van der Waals surface area contributed by atoms with E-state index in [0.717, 1.165) is 12.8 Å². The van der Waals surface area contributed by atoms with Crippen LogP contribution >= 0.6 is 23.2 Å². The molecule has 0 aromatic heterocycles. The minimum atomic E-state index is -0.813. The fourth-order valence-corrected chi connectivity index (χ4v) is 2.02. The Morgan fingerprint density at radius 3 is 2.19 bits per heavy atom. The maximum absolute atomic E-state index is 11.1. The molecular weight excluding hydrogens is 251 g/mol. The Morgan fingerprint density at radius 2 is 1.81 bits per heavy atom. The van der Waals surface area contributed by atoms with Crippen LogP contribution in [-0.2, 0) is 4.79 Å². The zero-order chi connectivity index (χ0) is 12.4. The van der Waals surface area contributed by atoms with Crippen LogP contribution in [0.3, 0.4) is 0 Å². The van der Waals surface area contributed by atoms with E-state index in [1.165, 1.54) is 0 Å². The number of hydrogen-bond donors (Lipinski definition) is 2. The highest BCUT2D eigenvalue weighted by molar-refractivity contribution is 6.18. The van der Waals surface area contributed by atoms with Gasteiger partial charge in [0, 0.05) is 24.8 Å². The lowest BCUT2D eigenvalue weighted by atomic mass is 10.1. The van der Waals surface area contributed by atoms with E-state index >= 15 is 0 Å². The molecule has 1 atom stereocenters. The topological polar surface area (TPSA) is 66.6 Å². The molecule has 16 heavy (non-hydrogen) atoms. The number of halogens is 2. The Bertz CT molecular complexity index is 188. The van der Waals surface area contributed by atoms with Gasteiger partial charge in [-0.15, -0.1) is 23.2 Å². The minimum absolute atomic E-state index is 0.414. The van der Waals surface area contributed by atoms with Crippen LogP contribution in [0.5, 0.6) is 0 Å². The number of carboxylic acid groups (broad SMARTS) is 1. The predicted molar refractivity (Wildman–Crippen MR) is 67.3 cm³/mol. The lowest BCUT2D eigenvalue weighted by Gasteiger charge is -2.27. The molecule has 6 heteroatoms. The standard InChI is InChI=1S/C10H20Cl2N2O2/c11-4-7-14(8-5-12)9(10(15)16)3-1-2-6-13/h9H,1-8,13H2,(H,15,16)/t9-/m0/s1. The summed E-state index contributed by atoms with van der Waals surface area (Å²) in [6.45, 7) is 1.69. The van der Waals surface area contributed by atoms with E-state index in [0.29, 0.717) is 37.8 Å². The Kier molecular flexibility index (Phi) is 10.1. The van der Waals surface area contributed by atoms with E-state index < -0.39 is 12.0 Å². The van der Waals surface area contributed by atoms with Crippen molar-refractivity contribution >= 4 is 29.2 Å². The number of carboxylic acids is 1. The molecule has 0 aliphatic rings. The summed E-state index contributed by atoms with van der Waals surface area (Å²) >= 11 is 11.3. The van der Waals surface area contributed by atoms with E-state index in [2.05, 4.69) is 0 Å². The molecule has 0 aromatic carbocycles. The number of alkyl halides is 2. The first kappa shape index (κ1) is 16.0. The number of carbonyl (C=O) groups is 1. The highest BCUT2D eigenvalue weighted by Crippen LogP contribution is 2.10. The molecule has 0 aliphatic heterocycles. The van der Waals surface area contributed by atoms with Crippen LogP contribution in [0.1, 0.15) is 19.3 Å². The van der Waals surface area contributed by atoms with Crippen LogP contribution < -0.4 is 5.73 Å². The van der Waals surface area contributed by atoms with Gasteiger partial charge in [-0.2, -0.15) is 0 Å². The van der Waals surface area contributed by atoms with Crippen molar-refractivity contribution in [2.45, 2.75) is 25.3 Å². The molecular formula is C10H20Cl2N2O2. The van der Waals surface area contributed by atoms with Crippen LogP contribution in [0.2, 0.25) is 0 Å². The molecule has 0 amide bonds. The first-order valence-electron chi connectivity index (χ1n) is 5.46. The molecule has 0 rings (SSSR count). The SMILES string of the molecule is NCCCC[C@@H](C(=O)O)N(CCCl)CCCl. The second-order valence-electron chi connectivity index (χ2n) is 3.55. The molecule has 0 bridgehead atoms. The smallest absolute Gasteiger partial charge is 0.320 e. The maximum Gasteiger partial charge on any atom is 0.320 e. The molecule has 0 aliphatic carbocycles. The van der Waals surface area contributed by atoms with Crippen molar-refractivity contribution in [2.75, 3.05) is 31.4 Å². The summed E-state index contributed by atoms with van der Waals surface area (Å²) in [6, 6.07) is -0.496. The molecule has 0 saturated carbocycles. The van der Waals surface area contributed by atoms with Crippen LogP contribution in [0.15, 0.2) is 0 Å². The van der Waals surface area contributed by atoms with Crippen LogP contribution in [0.4, 0.5) is 0 Å². The summed E-state index contributed by atoms with van der Waals surface area (Å²) in [5, 5.41) is 9.14. The third-order valence-electron chi connectivity index (χ3n) is 2.40. The zero-order valence-electron chi connectivity index (χ0n) is 9.37. The van der Waals surface area contributed by atoms with Gasteiger partial charge < -0.3 is 10.8 Å². The molecule has 0 heterocycles. The monoisotopic (exact) mass is 270 g/mol. The van der Waals surface area contributed by atoms with E-state index in [4.69, 9.17) is 34.0 Å². The molecule has 0 spiro atoms. The van der Waals surface area contributed by atoms with Crippen LogP contribution in [0.25, 0.3) is 0 Å². The molecule has 4 nitrogen and oxygen atoms in total. The van der Waals surface area contributed by atoms with E-state index in [1.807, 2.05) is 4.90 Å². The van der Waals surface area contributed by atoms with Crippen molar-refractivity contribution in [1.29, 1.82) is 0 Å². The lowest BCUT2D eigenvalue weighted by Crippen LogP contribution is -2.43. The largest absolute Gasteiger partial charge is 0.480 e. The quantitative estimate of drug-likeness (QED) is 0.465.